The Kier molecular flexibility index (Phi) is 13.2. The van der Waals surface area contributed by atoms with Gasteiger partial charge >= 0.3 is 14.2 Å². The molecule has 10 aromatic rings. The maximum atomic E-state index is 6.58. The van der Waals surface area contributed by atoms with Gasteiger partial charge in [0.2, 0.25) is 0 Å². The third kappa shape index (κ3) is 9.50. The molecule has 0 bridgehead atoms. The van der Waals surface area contributed by atoms with Gasteiger partial charge in [-0.25, -0.2) is 0 Å². The van der Waals surface area contributed by atoms with E-state index < -0.39 is 36.6 Å². The first-order chi connectivity index (χ1) is 40.1. The summed E-state index contributed by atoms with van der Waals surface area (Å²) in [5.74, 6) is 0. The second kappa shape index (κ2) is 20.6. The molecule has 2 saturated heterocycles. The van der Waals surface area contributed by atoms with Crippen LogP contribution in [0.1, 0.15) is 103 Å². The number of fused-ring (bicyclic) bond motifs is 5. The minimum atomic E-state index is -0.462. The van der Waals surface area contributed by atoms with Crippen molar-refractivity contribution >= 4 is 81.1 Å². The van der Waals surface area contributed by atoms with Gasteiger partial charge in [0.1, 0.15) is 0 Å². The van der Waals surface area contributed by atoms with Crippen LogP contribution in [0, 0.1) is 0 Å². The van der Waals surface area contributed by atoms with Crippen molar-refractivity contribution in [1.29, 1.82) is 0 Å². The number of aromatic nitrogens is 1. The Balaban J connectivity index is 0.994. The lowest BCUT2D eigenvalue weighted by molar-refractivity contribution is 0.00578. The fraction of sp³-hybridized carbons (Fsp3) is 0.270. The van der Waals surface area contributed by atoms with Gasteiger partial charge in [-0.05, 0) is 236 Å². The first kappa shape index (κ1) is 53.4. The van der Waals surface area contributed by atoms with Gasteiger partial charge in [-0.1, -0.05) is 115 Å². The monoisotopic (exact) mass is 1090 g/mol. The number of hydrogen-bond acceptors (Lipinski definition) is 6. The van der Waals surface area contributed by atoms with E-state index in [1.807, 2.05) is 0 Å². The maximum Gasteiger partial charge on any atom is 0.494 e. The molecule has 0 atom stereocenters. The molecule has 0 spiro atoms. The van der Waals surface area contributed by atoms with E-state index >= 15 is 0 Å². The SMILES string of the molecule is CC1(C)OB(c2ccc(N(c3ccc4c(c3)CCCC4)c3ccc4c(c3)c3cc(N(c5ccc(B6OC(C)(C)C(C)(C)O6)cc5)c5ccc6c(c5)CCCC6)ccc3n4-c3c(-c4ccccc4)cccc3-c3ccccc3)cc2)OC1(C)C. The molecule has 0 unspecified atom stereocenters. The van der Waals surface area contributed by atoms with E-state index in [-0.39, 0.29) is 0 Å². The Morgan fingerprint density at radius 3 is 1.06 bits per heavy atom. The van der Waals surface area contributed by atoms with Crippen LogP contribution in [0.3, 0.4) is 0 Å². The van der Waals surface area contributed by atoms with Gasteiger partial charge in [-0.3, -0.25) is 0 Å². The van der Waals surface area contributed by atoms with E-state index in [4.69, 9.17) is 18.6 Å². The molecule has 2 aliphatic carbocycles. The molecular formula is C74H73B2N3O4. The van der Waals surface area contributed by atoms with Crippen molar-refractivity contribution in [3.63, 3.8) is 0 Å². The van der Waals surface area contributed by atoms with Crippen molar-refractivity contribution in [2.75, 3.05) is 9.80 Å². The number of anilines is 6. The summed E-state index contributed by atoms with van der Waals surface area (Å²) in [6.07, 6.45) is 9.27. The molecule has 0 N–H and O–H groups in total. The number of aryl methyl sites for hydroxylation is 4. The van der Waals surface area contributed by atoms with Gasteiger partial charge in [-0.15, -0.1) is 0 Å². The van der Waals surface area contributed by atoms with E-state index in [0.717, 1.165) is 120 Å². The van der Waals surface area contributed by atoms with Crippen LogP contribution in [0.5, 0.6) is 0 Å². The molecule has 0 amide bonds. The van der Waals surface area contributed by atoms with E-state index in [1.54, 1.807) is 0 Å². The summed E-state index contributed by atoms with van der Waals surface area (Å²) in [4.78, 5) is 4.90. The van der Waals surface area contributed by atoms with E-state index in [9.17, 15) is 0 Å². The lowest BCUT2D eigenvalue weighted by Gasteiger charge is -2.32. The Morgan fingerprint density at radius 1 is 0.337 bits per heavy atom. The fourth-order valence-electron chi connectivity index (χ4n) is 13.1. The van der Waals surface area contributed by atoms with Crippen molar-refractivity contribution in [1.82, 2.24) is 4.57 Å². The topological polar surface area (TPSA) is 48.3 Å². The Labute approximate surface area is 491 Å². The van der Waals surface area contributed by atoms with Crippen LogP contribution in [0.15, 0.2) is 200 Å². The average molecular weight is 1090 g/mol. The smallest absolute Gasteiger partial charge is 0.399 e. The van der Waals surface area contributed by atoms with Crippen molar-refractivity contribution in [3.8, 4) is 27.9 Å². The molecule has 9 aromatic carbocycles. The van der Waals surface area contributed by atoms with Crippen LogP contribution in [-0.4, -0.2) is 41.2 Å². The molecule has 7 nitrogen and oxygen atoms in total. The average Bonchev–Trinajstić information content (AvgIpc) is 2.78. The van der Waals surface area contributed by atoms with Crippen LogP contribution < -0.4 is 20.7 Å². The lowest BCUT2D eigenvalue weighted by Crippen LogP contribution is -2.41. The zero-order valence-corrected chi connectivity index (χ0v) is 49.3. The quantitative estimate of drug-likeness (QED) is 0.120. The first-order valence-corrected chi connectivity index (χ1v) is 30.2. The Hall–Kier alpha value is -7.65. The van der Waals surface area contributed by atoms with Gasteiger partial charge in [0.25, 0.3) is 0 Å². The highest BCUT2D eigenvalue weighted by Crippen LogP contribution is 2.47. The molecule has 1 aromatic heterocycles. The highest BCUT2D eigenvalue weighted by Gasteiger charge is 2.53. The molecule has 2 fully saturated rings. The molecule has 83 heavy (non-hydrogen) atoms. The first-order valence-electron chi connectivity index (χ1n) is 30.2. The molecule has 9 heteroatoms. The molecule has 14 rings (SSSR count). The molecule has 4 aliphatic rings. The van der Waals surface area contributed by atoms with Crippen molar-refractivity contribution in [3.05, 3.63) is 222 Å². The lowest BCUT2D eigenvalue weighted by atomic mass is 9.79. The summed E-state index contributed by atoms with van der Waals surface area (Å²) in [5, 5.41) is 2.30. The van der Waals surface area contributed by atoms with Crippen LogP contribution in [-0.2, 0) is 44.3 Å². The third-order valence-corrected chi connectivity index (χ3v) is 19.2. The summed E-state index contributed by atoms with van der Waals surface area (Å²) in [5.41, 5.74) is 20.6. The zero-order valence-electron chi connectivity index (χ0n) is 49.3. The number of benzene rings is 9. The van der Waals surface area contributed by atoms with E-state index in [1.165, 1.54) is 47.9 Å². The van der Waals surface area contributed by atoms with Crippen LogP contribution in [0.25, 0.3) is 49.7 Å². The fourth-order valence-corrected chi connectivity index (χ4v) is 13.1. The second-order valence-corrected chi connectivity index (χ2v) is 25.5. The predicted octanol–water partition coefficient (Wildman–Crippen LogP) is 17.4. The van der Waals surface area contributed by atoms with Gasteiger partial charge in [-0.2, -0.15) is 0 Å². The van der Waals surface area contributed by atoms with Crippen LogP contribution >= 0.6 is 0 Å². The summed E-state index contributed by atoms with van der Waals surface area (Å²) < 4.78 is 28.8. The highest BCUT2D eigenvalue weighted by atomic mass is 16.7. The van der Waals surface area contributed by atoms with Gasteiger partial charge < -0.3 is 33.0 Å². The summed E-state index contributed by atoms with van der Waals surface area (Å²) in [6.45, 7) is 16.9. The molecular weight excluding hydrogens is 1020 g/mol. The van der Waals surface area contributed by atoms with Crippen molar-refractivity contribution in [2.24, 2.45) is 0 Å². The highest BCUT2D eigenvalue weighted by molar-refractivity contribution is 6.62. The normalized spacial score (nSPS) is 17.6. The van der Waals surface area contributed by atoms with Crippen molar-refractivity contribution < 1.29 is 18.6 Å². The minimum Gasteiger partial charge on any atom is -0.399 e. The van der Waals surface area contributed by atoms with Crippen molar-refractivity contribution in [2.45, 2.75) is 129 Å². The molecule has 0 saturated carbocycles. The number of nitrogens with zero attached hydrogens (tertiary/aromatic N) is 3. The number of hydrogen-bond donors (Lipinski definition) is 0. The summed E-state index contributed by atoms with van der Waals surface area (Å²) in [7, 11) is -0.923. The van der Waals surface area contributed by atoms with Crippen LogP contribution in [0.4, 0.5) is 34.1 Å². The number of para-hydroxylation sites is 1. The molecule has 414 valence electrons. The van der Waals surface area contributed by atoms with Gasteiger partial charge in [0.15, 0.2) is 0 Å². The Bertz CT molecular complexity index is 3790. The second-order valence-electron chi connectivity index (χ2n) is 25.5. The van der Waals surface area contributed by atoms with E-state index in [0.29, 0.717) is 0 Å². The molecule has 3 heterocycles. The van der Waals surface area contributed by atoms with E-state index in [2.05, 4.69) is 270 Å². The molecule has 2 aliphatic heterocycles. The zero-order chi connectivity index (χ0) is 56.8. The number of rotatable bonds is 11. The summed E-state index contributed by atoms with van der Waals surface area (Å²) in [6, 6.07) is 74.7. The maximum absolute atomic E-state index is 6.58. The minimum absolute atomic E-state index is 0.444. The van der Waals surface area contributed by atoms with Gasteiger partial charge in [0, 0.05) is 56.0 Å². The Morgan fingerprint density at radius 2 is 0.675 bits per heavy atom. The van der Waals surface area contributed by atoms with Crippen LogP contribution in [0.2, 0.25) is 0 Å². The largest absolute Gasteiger partial charge is 0.494 e. The van der Waals surface area contributed by atoms with Gasteiger partial charge in [0.05, 0.1) is 39.1 Å². The predicted molar refractivity (Wildman–Crippen MR) is 346 cm³/mol. The standard InChI is InChI=1S/C74H73B2N3O4/c1-71(2)72(3,4)81-75(80-71)56-32-38-58(39-33-56)77(60-36-30-50-20-15-17-26-54(50)46-60)62-42-44-68-66(48-62)67-49-63(43-45-69(67)79(68)70-64(52-22-11-9-12-23-52)28-19-29-65(70)53-24-13-10-14-25-53)78(61-37-31-51-21-16-18-27-55(51)47-61)59-40-34-57(35-41-59)76-82-73(5,6)74(7,8)83-76/h9-14,19,22-25,28-49H,15-18,20-21,26-27H2,1-8H3. The third-order valence-electron chi connectivity index (χ3n) is 19.2. The molecule has 0 radical (unpaired) electrons. The summed E-state index contributed by atoms with van der Waals surface area (Å²) >= 11 is 0.